The molecule has 0 unspecified atom stereocenters. The van der Waals surface area contributed by atoms with Crippen LogP contribution in [-0.2, 0) is 4.74 Å². The summed E-state index contributed by atoms with van der Waals surface area (Å²) in [6.45, 7) is 1.14. The third-order valence-electron chi connectivity index (χ3n) is 3.98. The second-order valence-corrected chi connectivity index (χ2v) is 6.55. The number of carbonyl (C=O) groups is 2. The number of benzene rings is 1. The van der Waals surface area contributed by atoms with Crippen molar-refractivity contribution >= 4 is 34.6 Å². The van der Waals surface area contributed by atoms with Crippen molar-refractivity contribution in [3.8, 4) is 11.5 Å². The number of methoxy groups -OCH3 is 3. The van der Waals surface area contributed by atoms with Gasteiger partial charge in [-0.2, -0.15) is 0 Å². The summed E-state index contributed by atoms with van der Waals surface area (Å²) in [5.41, 5.74) is 0.545. The van der Waals surface area contributed by atoms with E-state index < -0.39 is 0 Å². The molecule has 1 aromatic carbocycles. The smallest absolute Gasteiger partial charge is 0.409 e. The van der Waals surface area contributed by atoms with Gasteiger partial charge in [0.05, 0.1) is 26.9 Å². The molecule has 132 valence electrons. The van der Waals surface area contributed by atoms with E-state index in [1.807, 2.05) is 0 Å². The fourth-order valence-corrected chi connectivity index (χ4v) is 3.31. The van der Waals surface area contributed by atoms with Crippen LogP contribution >= 0.6 is 22.6 Å². The number of hydrogen-bond donors (Lipinski definition) is 1. The van der Waals surface area contributed by atoms with Gasteiger partial charge in [0, 0.05) is 22.7 Å². The van der Waals surface area contributed by atoms with Crippen molar-refractivity contribution in [2.24, 2.45) is 0 Å². The van der Waals surface area contributed by atoms with Crippen molar-refractivity contribution < 1.29 is 23.8 Å². The van der Waals surface area contributed by atoms with Gasteiger partial charge in [-0.15, -0.1) is 0 Å². The maximum atomic E-state index is 12.6. The molecule has 1 aromatic rings. The van der Waals surface area contributed by atoms with Crippen molar-refractivity contribution in [1.29, 1.82) is 0 Å². The van der Waals surface area contributed by atoms with Gasteiger partial charge in [0.2, 0.25) is 0 Å². The average molecular weight is 448 g/mol. The predicted molar refractivity (Wildman–Crippen MR) is 96.7 cm³/mol. The Kier molecular flexibility index (Phi) is 6.52. The first-order valence-electron chi connectivity index (χ1n) is 7.55. The molecule has 7 nitrogen and oxygen atoms in total. The van der Waals surface area contributed by atoms with Crippen LogP contribution in [0.3, 0.4) is 0 Å². The maximum absolute atomic E-state index is 12.6. The zero-order valence-electron chi connectivity index (χ0n) is 13.9. The summed E-state index contributed by atoms with van der Waals surface area (Å²) >= 11 is 2.10. The standard InChI is InChI=1S/C16H21IN2O5/c1-22-13-8-11(12(17)9-14(13)23-2)15(20)18-10-4-6-19(7-5-10)16(21)24-3/h8-10H,4-7H2,1-3H3,(H,18,20). The van der Waals surface area contributed by atoms with Crippen LogP contribution in [0.5, 0.6) is 11.5 Å². The Hall–Kier alpha value is -1.71. The van der Waals surface area contributed by atoms with E-state index in [0.29, 0.717) is 43.0 Å². The quantitative estimate of drug-likeness (QED) is 0.716. The summed E-state index contributed by atoms with van der Waals surface area (Å²) in [5, 5.41) is 3.02. The molecule has 0 atom stereocenters. The monoisotopic (exact) mass is 448 g/mol. The van der Waals surface area contributed by atoms with E-state index in [2.05, 4.69) is 27.9 Å². The SMILES string of the molecule is COC(=O)N1CCC(NC(=O)c2cc(OC)c(OC)cc2I)CC1. The summed E-state index contributed by atoms with van der Waals surface area (Å²) in [5.74, 6) is 0.949. The number of amides is 2. The molecule has 0 aliphatic carbocycles. The Morgan fingerprint density at radius 2 is 1.71 bits per heavy atom. The lowest BCUT2D eigenvalue weighted by Gasteiger charge is -2.31. The second kappa shape index (κ2) is 8.41. The molecule has 0 bridgehead atoms. The molecule has 2 rings (SSSR count). The van der Waals surface area contributed by atoms with Gasteiger partial charge in [-0.05, 0) is 47.6 Å². The molecule has 0 saturated carbocycles. The van der Waals surface area contributed by atoms with Crippen LogP contribution in [0.15, 0.2) is 12.1 Å². The Labute approximate surface area is 154 Å². The highest BCUT2D eigenvalue weighted by Gasteiger charge is 2.25. The first-order chi connectivity index (χ1) is 11.5. The first kappa shape index (κ1) is 18.6. The number of halogens is 1. The molecule has 1 saturated heterocycles. The molecule has 1 N–H and O–H groups in total. The van der Waals surface area contributed by atoms with Crippen molar-refractivity contribution in [2.75, 3.05) is 34.4 Å². The summed E-state index contributed by atoms with van der Waals surface area (Å²) in [4.78, 5) is 25.7. The predicted octanol–water partition coefficient (Wildman–Crippen LogP) is 2.27. The number of nitrogens with one attached hydrogen (secondary N) is 1. The van der Waals surface area contributed by atoms with Gasteiger partial charge in [0.1, 0.15) is 0 Å². The maximum Gasteiger partial charge on any atom is 0.409 e. The second-order valence-electron chi connectivity index (χ2n) is 5.39. The molecule has 1 fully saturated rings. The Morgan fingerprint density at radius 3 is 2.25 bits per heavy atom. The van der Waals surface area contributed by atoms with Crippen LogP contribution in [-0.4, -0.2) is 57.4 Å². The van der Waals surface area contributed by atoms with E-state index in [9.17, 15) is 9.59 Å². The van der Waals surface area contributed by atoms with Crippen molar-refractivity contribution in [1.82, 2.24) is 10.2 Å². The normalized spacial score (nSPS) is 14.9. The summed E-state index contributed by atoms with van der Waals surface area (Å²) in [7, 11) is 4.47. The molecule has 8 heteroatoms. The van der Waals surface area contributed by atoms with Gasteiger partial charge < -0.3 is 24.4 Å². The van der Waals surface area contributed by atoms with Gasteiger partial charge in [0.25, 0.3) is 5.91 Å². The number of carbonyl (C=O) groups excluding carboxylic acids is 2. The van der Waals surface area contributed by atoms with E-state index in [1.165, 1.54) is 14.2 Å². The fraction of sp³-hybridized carbons (Fsp3) is 0.500. The van der Waals surface area contributed by atoms with Gasteiger partial charge in [-0.25, -0.2) is 4.79 Å². The molecule has 0 radical (unpaired) electrons. The minimum absolute atomic E-state index is 0.0299. The largest absolute Gasteiger partial charge is 0.493 e. The van der Waals surface area contributed by atoms with Crippen molar-refractivity contribution in [3.05, 3.63) is 21.3 Å². The zero-order valence-corrected chi connectivity index (χ0v) is 16.1. The van der Waals surface area contributed by atoms with E-state index in [-0.39, 0.29) is 18.0 Å². The fourth-order valence-electron chi connectivity index (χ4n) is 2.63. The average Bonchev–Trinajstić information content (AvgIpc) is 2.61. The molecule has 0 aromatic heterocycles. The minimum Gasteiger partial charge on any atom is -0.493 e. The van der Waals surface area contributed by atoms with Crippen LogP contribution in [0.25, 0.3) is 0 Å². The van der Waals surface area contributed by atoms with Gasteiger partial charge in [-0.3, -0.25) is 4.79 Å². The van der Waals surface area contributed by atoms with Crippen LogP contribution in [0.4, 0.5) is 4.79 Å². The van der Waals surface area contributed by atoms with Crippen LogP contribution < -0.4 is 14.8 Å². The molecule has 1 heterocycles. The number of rotatable bonds is 4. The highest BCUT2D eigenvalue weighted by atomic mass is 127. The number of likely N-dealkylation sites (tertiary alicyclic amines) is 1. The lowest BCUT2D eigenvalue weighted by atomic mass is 10.0. The topological polar surface area (TPSA) is 77.1 Å². The minimum atomic E-state index is -0.325. The van der Waals surface area contributed by atoms with Gasteiger partial charge in [-0.1, -0.05) is 0 Å². The zero-order chi connectivity index (χ0) is 17.7. The lowest BCUT2D eigenvalue weighted by Crippen LogP contribution is -2.46. The third kappa shape index (κ3) is 4.22. The van der Waals surface area contributed by atoms with Gasteiger partial charge >= 0.3 is 6.09 Å². The molecular formula is C16H21IN2O5. The number of ether oxygens (including phenoxy) is 3. The van der Waals surface area contributed by atoms with E-state index in [0.717, 1.165) is 3.57 Å². The highest BCUT2D eigenvalue weighted by molar-refractivity contribution is 14.1. The van der Waals surface area contributed by atoms with E-state index in [1.54, 1.807) is 24.1 Å². The highest BCUT2D eigenvalue weighted by Crippen LogP contribution is 2.31. The number of piperidine rings is 1. The molecular weight excluding hydrogens is 427 g/mol. The van der Waals surface area contributed by atoms with Crippen LogP contribution in [0, 0.1) is 3.57 Å². The molecule has 0 spiro atoms. The Morgan fingerprint density at radius 1 is 1.12 bits per heavy atom. The van der Waals surface area contributed by atoms with Gasteiger partial charge in [0.15, 0.2) is 11.5 Å². The summed E-state index contributed by atoms with van der Waals surface area (Å²) < 4.78 is 16.0. The van der Waals surface area contributed by atoms with Crippen molar-refractivity contribution in [3.63, 3.8) is 0 Å². The third-order valence-corrected chi connectivity index (χ3v) is 4.87. The molecule has 1 aliphatic heterocycles. The van der Waals surface area contributed by atoms with Crippen LogP contribution in [0.1, 0.15) is 23.2 Å². The molecule has 2 amide bonds. The number of hydrogen-bond acceptors (Lipinski definition) is 5. The molecule has 24 heavy (non-hydrogen) atoms. The Balaban J connectivity index is 2.02. The first-order valence-corrected chi connectivity index (χ1v) is 8.63. The Bertz CT molecular complexity index is 615. The van der Waals surface area contributed by atoms with E-state index >= 15 is 0 Å². The molecule has 1 aliphatic rings. The number of nitrogens with zero attached hydrogens (tertiary/aromatic N) is 1. The summed E-state index contributed by atoms with van der Waals surface area (Å²) in [6, 6.07) is 3.48. The lowest BCUT2D eigenvalue weighted by molar-refractivity contribution is 0.0891. The summed E-state index contributed by atoms with van der Waals surface area (Å²) in [6.07, 6.45) is 1.07. The van der Waals surface area contributed by atoms with Crippen LogP contribution in [0.2, 0.25) is 0 Å². The van der Waals surface area contributed by atoms with E-state index in [4.69, 9.17) is 14.2 Å². The van der Waals surface area contributed by atoms with Crippen molar-refractivity contribution in [2.45, 2.75) is 18.9 Å².